The monoisotopic (exact) mass is 293 g/mol. The van der Waals surface area contributed by atoms with Crippen LogP contribution in [-0.2, 0) is 9.59 Å². The Hall–Kier alpha value is -2.04. The highest BCUT2D eigenvalue weighted by atomic mass is 16.6. The van der Waals surface area contributed by atoms with Gasteiger partial charge in [0.1, 0.15) is 0 Å². The number of rotatable bonds is 7. The molecule has 0 saturated heterocycles. The van der Waals surface area contributed by atoms with Gasteiger partial charge in [-0.1, -0.05) is 6.07 Å². The first-order chi connectivity index (χ1) is 9.92. The molecule has 1 aromatic carbocycles. The number of esters is 1. The first kappa shape index (κ1) is 17.0. The molecule has 0 aromatic heterocycles. The van der Waals surface area contributed by atoms with Crippen molar-refractivity contribution in [2.45, 2.75) is 46.1 Å². The van der Waals surface area contributed by atoms with E-state index in [1.807, 2.05) is 26.8 Å². The van der Waals surface area contributed by atoms with Gasteiger partial charge in [-0.05, 0) is 44.9 Å². The van der Waals surface area contributed by atoms with Gasteiger partial charge in [-0.3, -0.25) is 9.59 Å². The fourth-order valence-electron chi connectivity index (χ4n) is 1.82. The highest BCUT2D eigenvalue weighted by Gasteiger charge is 2.11. The lowest BCUT2D eigenvalue weighted by atomic mass is 10.2. The Bertz CT molecular complexity index is 497. The van der Waals surface area contributed by atoms with E-state index in [1.165, 1.54) is 7.11 Å². The maximum atomic E-state index is 11.8. The Morgan fingerprint density at radius 1 is 1.19 bits per heavy atom. The summed E-state index contributed by atoms with van der Waals surface area (Å²) in [6.07, 6.45) is 0.979. The summed E-state index contributed by atoms with van der Waals surface area (Å²) in [7, 11) is 1.53. The Kier molecular flexibility index (Phi) is 6.72. The number of carbonyl (C=O) groups excluding carboxylic acids is 2. The fourth-order valence-corrected chi connectivity index (χ4v) is 1.82. The standard InChI is InChI=1S/C16H23NO4/c1-11(2)17-15(18)6-5-7-16(19)21-13-9-8-12(3)10-14(13)20-4/h8-11H,5-7H2,1-4H3,(H,17,18). The lowest BCUT2D eigenvalue weighted by Crippen LogP contribution is -2.29. The zero-order valence-electron chi connectivity index (χ0n) is 13.1. The number of amides is 1. The average Bonchev–Trinajstić information content (AvgIpc) is 2.39. The van der Waals surface area contributed by atoms with E-state index in [9.17, 15) is 9.59 Å². The molecule has 0 aliphatic heterocycles. The van der Waals surface area contributed by atoms with Crippen molar-refractivity contribution in [3.8, 4) is 11.5 Å². The molecule has 116 valence electrons. The SMILES string of the molecule is COc1cc(C)ccc1OC(=O)CCCC(=O)NC(C)C. The molecule has 0 unspecified atom stereocenters. The van der Waals surface area contributed by atoms with Gasteiger partial charge < -0.3 is 14.8 Å². The molecule has 5 nitrogen and oxygen atoms in total. The van der Waals surface area contributed by atoms with Crippen molar-refractivity contribution in [1.82, 2.24) is 5.32 Å². The van der Waals surface area contributed by atoms with E-state index in [4.69, 9.17) is 9.47 Å². The third-order valence-electron chi connectivity index (χ3n) is 2.78. The van der Waals surface area contributed by atoms with Gasteiger partial charge in [-0.25, -0.2) is 0 Å². The van der Waals surface area contributed by atoms with Crippen LogP contribution in [-0.4, -0.2) is 25.0 Å². The predicted molar refractivity (Wildman–Crippen MR) is 80.5 cm³/mol. The van der Waals surface area contributed by atoms with Crippen LogP contribution in [0.3, 0.4) is 0 Å². The van der Waals surface area contributed by atoms with Gasteiger partial charge in [0.2, 0.25) is 5.91 Å². The number of hydrogen-bond acceptors (Lipinski definition) is 4. The minimum absolute atomic E-state index is 0.0503. The van der Waals surface area contributed by atoms with E-state index >= 15 is 0 Å². The smallest absolute Gasteiger partial charge is 0.311 e. The summed E-state index contributed by atoms with van der Waals surface area (Å²) in [6.45, 7) is 5.73. The molecule has 0 saturated carbocycles. The van der Waals surface area contributed by atoms with Crippen molar-refractivity contribution in [2.75, 3.05) is 7.11 Å². The molecule has 1 aromatic rings. The molecule has 1 rings (SSSR count). The van der Waals surface area contributed by atoms with Gasteiger partial charge in [0.25, 0.3) is 0 Å². The number of benzene rings is 1. The summed E-state index contributed by atoms with van der Waals surface area (Å²) in [5, 5.41) is 2.78. The normalized spacial score (nSPS) is 10.3. The van der Waals surface area contributed by atoms with Gasteiger partial charge in [-0.2, -0.15) is 0 Å². The largest absolute Gasteiger partial charge is 0.493 e. The molecule has 1 amide bonds. The van der Waals surface area contributed by atoms with E-state index in [-0.39, 0.29) is 24.3 Å². The Morgan fingerprint density at radius 2 is 1.90 bits per heavy atom. The van der Waals surface area contributed by atoms with Crippen LogP contribution in [0.5, 0.6) is 11.5 Å². The van der Waals surface area contributed by atoms with Crippen LogP contribution in [0.4, 0.5) is 0 Å². The van der Waals surface area contributed by atoms with Gasteiger partial charge in [0.05, 0.1) is 7.11 Å². The van der Waals surface area contributed by atoms with E-state index < -0.39 is 0 Å². The van der Waals surface area contributed by atoms with Crippen molar-refractivity contribution < 1.29 is 19.1 Å². The number of nitrogens with one attached hydrogen (secondary N) is 1. The first-order valence-corrected chi connectivity index (χ1v) is 7.07. The molecule has 0 aliphatic carbocycles. The summed E-state index contributed by atoms with van der Waals surface area (Å²) in [5.74, 6) is 0.515. The topological polar surface area (TPSA) is 64.6 Å². The second-order valence-electron chi connectivity index (χ2n) is 5.20. The highest BCUT2D eigenvalue weighted by Crippen LogP contribution is 2.28. The Morgan fingerprint density at radius 3 is 2.52 bits per heavy atom. The average molecular weight is 293 g/mol. The Labute approximate surface area is 125 Å². The van der Waals surface area contributed by atoms with Crippen molar-refractivity contribution >= 4 is 11.9 Å². The molecule has 0 spiro atoms. The second-order valence-corrected chi connectivity index (χ2v) is 5.20. The molecule has 0 atom stereocenters. The molecule has 21 heavy (non-hydrogen) atoms. The molecule has 0 heterocycles. The molecule has 0 aliphatic rings. The molecular weight excluding hydrogens is 270 g/mol. The van der Waals surface area contributed by atoms with Crippen LogP contribution >= 0.6 is 0 Å². The fraction of sp³-hybridized carbons (Fsp3) is 0.500. The molecule has 0 bridgehead atoms. The van der Waals surface area contributed by atoms with Crippen LogP contribution < -0.4 is 14.8 Å². The van der Waals surface area contributed by atoms with Crippen LogP contribution in [0.15, 0.2) is 18.2 Å². The van der Waals surface area contributed by atoms with Crippen LogP contribution in [0.25, 0.3) is 0 Å². The zero-order valence-corrected chi connectivity index (χ0v) is 13.1. The maximum absolute atomic E-state index is 11.8. The van der Waals surface area contributed by atoms with Crippen LogP contribution in [0, 0.1) is 6.92 Å². The van der Waals surface area contributed by atoms with Gasteiger partial charge in [0, 0.05) is 18.9 Å². The summed E-state index contributed by atoms with van der Waals surface area (Å²) in [4.78, 5) is 23.2. The van der Waals surface area contributed by atoms with E-state index in [2.05, 4.69) is 5.32 Å². The lowest BCUT2D eigenvalue weighted by Gasteiger charge is -2.10. The van der Waals surface area contributed by atoms with E-state index in [0.717, 1.165) is 5.56 Å². The number of hydrogen-bond donors (Lipinski definition) is 1. The summed E-state index contributed by atoms with van der Waals surface area (Å²) < 4.78 is 10.4. The van der Waals surface area contributed by atoms with Gasteiger partial charge in [0.15, 0.2) is 11.5 Å². The lowest BCUT2D eigenvalue weighted by molar-refractivity contribution is -0.134. The summed E-state index contributed by atoms with van der Waals surface area (Å²) in [5.41, 5.74) is 1.03. The van der Waals surface area contributed by atoms with E-state index in [0.29, 0.717) is 24.3 Å². The molecule has 1 N–H and O–H groups in total. The molecule has 5 heteroatoms. The van der Waals surface area contributed by atoms with Crippen LogP contribution in [0.2, 0.25) is 0 Å². The minimum Gasteiger partial charge on any atom is -0.493 e. The minimum atomic E-state index is -0.366. The third-order valence-corrected chi connectivity index (χ3v) is 2.78. The molecule has 0 fully saturated rings. The second kappa shape index (κ2) is 8.29. The van der Waals surface area contributed by atoms with Crippen molar-refractivity contribution in [3.05, 3.63) is 23.8 Å². The summed E-state index contributed by atoms with van der Waals surface area (Å²) >= 11 is 0. The number of methoxy groups -OCH3 is 1. The third kappa shape index (κ3) is 6.29. The first-order valence-electron chi connectivity index (χ1n) is 7.07. The number of aryl methyl sites for hydroxylation is 1. The maximum Gasteiger partial charge on any atom is 0.311 e. The van der Waals surface area contributed by atoms with Gasteiger partial charge >= 0.3 is 5.97 Å². The van der Waals surface area contributed by atoms with Gasteiger partial charge in [-0.15, -0.1) is 0 Å². The summed E-state index contributed by atoms with van der Waals surface area (Å²) in [6, 6.07) is 5.47. The Balaban J connectivity index is 2.42. The van der Waals surface area contributed by atoms with Crippen molar-refractivity contribution in [1.29, 1.82) is 0 Å². The van der Waals surface area contributed by atoms with Crippen molar-refractivity contribution in [3.63, 3.8) is 0 Å². The highest BCUT2D eigenvalue weighted by molar-refractivity contribution is 5.77. The van der Waals surface area contributed by atoms with Crippen molar-refractivity contribution in [2.24, 2.45) is 0 Å². The van der Waals surface area contributed by atoms with E-state index in [1.54, 1.807) is 12.1 Å². The van der Waals surface area contributed by atoms with Crippen LogP contribution in [0.1, 0.15) is 38.7 Å². The predicted octanol–water partition coefficient (Wildman–Crippen LogP) is 2.60. The molecule has 0 radical (unpaired) electrons. The zero-order chi connectivity index (χ0) is 15.8. The quantitative estimate of drug-likeness (QED) is 0.620. The number of ether oxygens (including phenoxy) is 2. The molecular formula is C16H23NO4. The number of carbonyl (C=O) groups is 2.